The van der Waals surface area contributed by atoms with E-state index in [0.717, 1.165) is 11.1 Å². The molecule has 1 saturated heterocycles. The molecule has 1 spiro atoms. The molecule has 3 aromatic carbocycles. The first-order valence-corrected chi connectivity index (χ1v) is 27.8. The van der Waals surface area contributed by atoms with Crippen molar-refractivity contribution in [3.63, 3.8) is 0 Å². The van der Waals surface area contributed by atoms with Crippen molar-refractivity contribution in [1.82, 2.24) is 24.8 Å². The number of hydrogen-bond donors (Lipinski definition) is 1. The summed E-state index contributed by atoms with van der Waals surface area (Å²) < 4.78 is 124. The molecule has 3 aliphatic rings. The molecule has 1 N–H and O–H groups in total. The minimum atomic E-state index is -5.04. The summed E-state index contributed by atoms with van der Waals surface area (Å²) in [4.78, 5) is 35.1. The maximum atomic E-state index is 18.2. The summed E-state index contributed by atoms with van der Waals surface area (Å²) in [7, 11) is 4.82. The fraction of sp³-hybridized carbons (Fsp3) is 0.415. The van der Waals surface area contributed by atoms with E-state index >= 15 is 17.6 Å². The Morgan fingerprint density at radius 2 is 1.62 bits per heavy atom. The van der Waals surface area contributed by atoms with Crippen molar-refractivity contribution in [2.75, 3.05) is 57.8 Å². The van der Waals surface area contributed by atoms with E-state index in [1.807, 2.05) is 48.5 Å². The van der Waals surface area contributed by atoms with Crippen molar-refractivity contribution in [3.05, 3.63) is 112 Å². The van der Waals surface area contributed by atoms with Gasteiger partial charge in [0.25, 0.3) is 5.92 Å². The summed E-state index contributed by atoms with van der Waals surface area (Å²) in [6.07, 6.45) is -4.44. The first-order chi connectivity index (χ1) is 35.0. The van der Waals surface area contributed by atoms with Crippen LogP contribution in [0.2, 0.25) is 5.02 Å². The van der Waals surface area contributed by atoms with Crippen molar-refractivity contribution >= 4 is 59.4 Å². The molecule has 392 valence electrons. The van der Waals surface area contributed by atoms with E-state index in [9.17, 15) is 13.6 Å². The van der Waals surface area contributed by atoms with Crippen LogP contribution in [-0.4, -0.2) is 111 Å². The average Bonchev–Trinajstić information content (AvgIpc) is 3.80. The number of rotatable bonds is 14. The fourth-order valence-corrected chi connectivity index (χ4v) is 15.2. The van der Waals surface area contributed by atoms with E-state index < -0.39 is 89.1 Å². The van der Waals surface area contributed by atoms with Gasteiger partial charge in [-0.2, -0.15) is 0 Å². The van der Waals surface area contributed by atoms with Crippen LogP contribution >= 0.6 is 11.6 Å². The zero-order valence-electron chi connectivity index (χ0n) is 42.0. The van der Waals surface area contributed by atoms with Crippen molar-refractivity contribution in [2.45, 2.75) is 87.7 Å². The summed E-state index contributed by atoms with van der Waals surface area (Å²) in [5.41, 5.74) is -3.01. The van der Waals surface area contributed by atoms with Crippen LogP contribution in [0.1, 0.15) is 74.4 Å². The third kappa shape index (κ3) is 10.6. The van der Waals surface area contributed by atoms with Crippen molar-refractivity contribution in [3.8, 4) is 34.5 Å². The van der Waals surface area contributed by atoms with Crippen LogP contribution in [-0.2, 0) is 21.3 Å². The molecular formula is C53H55AsClF6N7O6. The van der Waals surface area contributed by atoms with E-state index in [2.05, 4.69) is 15.3 Å². The second-order valence-electron chi connectivity index (χ2n) is 20.0. The summed E-state index contributed by atoms with van der Waals surface area (Å²) in [6.45, 7) is 8.15. The second kappa shape index (κ2) is 20.2. The van der Waals surface area contributed by atoms with Crippen LogP contribution in [0.25, 0.3) is 22.2 Å². The van der Waals surface area contributed by atoms with E-state index in [1.165, 1.54) is 19.2 Å². The molecule has 5 heterocycles. The van der Waals surface area contributed by atoms with Gasteiger partial charge >= 0.3 is 337 Å². The van der Waals surface area contributed by atoms with Gasteiger partial charge in [-0.05, 0) is 33.9 Å². The Bertz CT molecular complexity index is 3040. The molecule has 2 aliphatic heterocycles. The minimum absolute atomic E-state index is 0.0372. The molecule has 1 aliphatic carbocycles. The normalized spacial score (nSPS) is 18.8. The van der Waals surface area contributed by atoms with Gasteiger partial charge in [-0.3, -0.25) is 5.32 Å². The Labute approximate surface area is 434 Å². The standard InChI is InChI=1S/C53H55AsClF6N7O6/c1-29-22-37(54(24-31-11-15-34(70-7)16-12-31)25-32-13-17-35(71-8)18-14-32)63-43(40(29)53(59,60)61)38-41(55)45-39-44(42(38)56)64-48(73-26-33-23-51(28-67(33)6)27-52(51,57)58)66-47(39)68(20-21-72-45)30(2)36-10-9-19-62-46(36)65-49(69)74-50(3,4)5/h9-19,22,30,33H,20-21,23-28H2,1-8H3,(H,62,65,69)/t30-,33+,51+/m1/s1. The predicted octanol–water partition coefficient (Wildman–Crippen LogP) is 10.9. The Morgan fingerprint density at radius 1 is 0.986 bits per heavy atom. The van der Waals surface area contributed by atoms with E-state index in [0.29, 0.717) is 32.0 Å². The van der Waals surface area contributed by atoms with Gasteiger partial charge in [-0.25, -0.2) is 18.6 Å². The first-order valence-electron chi connectivity index (χ1n) is 23.9. The quantitative estimate of drug-likeness (QED) is 0.0822. The van der Waals surface area contributed by atoms with Crippen LogP contribution in [0.4, 0.5) is 42.8 Å². The molecule has 3 aromatic heterocycles. The van der Waals surface area contributed by atoms with Crippen LogP contribution in [0.15, 0.2) is 72.9 Å². The Morgan fingerprint density at radius 3 is 2.19 bits per heavy atom. The molecule has 74 heavy (non-hydrogen) atoms. The van der Waals surface area contributed by atoms with Gasteiger partial charge in [0.2, 0.25) is 0 Å². The number of benzene rings is 3. The van der Waals surface area contributed by atoms with Gasteiger partial charge < -0.3 is 4.74 Å². The summed E-state index contributed by atoms with van der Waals surface area (Å²) in [6, 6.07) is 18.1. The van der Waals surface area contributed by atoms with Crippen molar-refractivity contribution in [1.29, 1.82) is 0 Å². The molecule has 3 atom stereocenters. The predicted molar refractivity (Wildman–Crippen MR) is 270 cm³/mol. The van der Waals surface area contributed by atoms with Gasteiger partial charge in [0, 0.05) is 19.2 Å². The number of nitrogens with one attached hydrogen (secondary N) is 1. The number of likely N-dealkylation sites (N-methyl/N-ethyl adjacent to an activating group) is 1. The molecule has 0 radical (unpaired) electrons. The maximum absolute atomic E-state index is 18.2. The number of aromatic nitrogens is 4. The number of ether oxygens (including phenoxy) is 5. The Balaban J connectivity index is 1.21. The average molecular weight is 1110 g/mol. The molecule has 6 aromatic rings. The SMILES string of the molecule is COc1ccc(C[As](Cc2ccc(OC)cc2)c2cc(C)c(C(F)(F)F)c(-c3c(Cl)c4c5c(nc(OC[C@@H]6C[C@@]7(CN6C)CC7(F)F)nc5c3F)N([C@H](C)c3cccnc3NC(=O)OC(C)(C)C)CCO4)n2)cc1. The molecule has 1 saturated carbocycles. The number of aryl methyl sites for hydroxylation is 1. The van der Waals surface area contributed by atoms with Gasteiger partial charge in [-0.15, -0.1) is 0 Å². The van der Waals surface area contributed by atoms with Crippen LogP contribution < -0.4 is 33.6 Å². The monoisotopic (exact) mass is 1110 g/mol. The second-order valence-corrected chi connectivity index (χ2v) is 24.9. The number of hydrogen-bond acceptors (Lipinski definition) is 12. The fourth-order valence-electron chi connectivity index (χ4n) is 9.89. The summed E-state index contributed by atoms with van der Waals surface area (Å²) in [5, 5.41) is 3.09. The van der Waals surface area contributed by atoms with E-state index in [1.54, 1.807) is 70.9 Å². The number of anilines is 2. The molecular weight excluding hydrogens is 1050 g/mol. The number of carbonyl (C=O) groups excluding carboxylic acids is 1. The zero-order chi connectivity index (χ0) is 53.1. The number of amides is 1. The number of carbonyl (C=O) groups is 1. The van der Waals surface area contributed by atoms with Gasteiger partial charge in [-0.1, -0.05) is 0 Å². The van der Waals surface area contributed by atoms with Gasteiger partial charge in [0.1, 0.15) is 5.60 Å². The number of nitrogens with zero attached hydrogens (tertiary/aromatic N) is 6. The van der Waals surface area contributed by atoms with Gasteiger partial charge in [0.05, 0.1) is 5.41 Å². The third-order valence-electron chi connectivity index (χ3n) is 13.7. The third-order valence-corrected chi connectivity index (χ3v) is 19.0. The van der Waals surface area contributed by atoms with Crippen LogP contribution in [0.5, 0.6) is 23.3 Å². The number of pyridine rings is 2. The van der Waals surface area contributed by atoms with E-state index in [-0.39, 0.29) is 73.5 Å². The number of methoxy groups -OCH3 is 2. The number of halogens is 7. The molecule has 13 nitrogen and oxygen atoms in total. The van der Waals surface area contributed by atoms with Crippen LogP contribution in [0.3, 0.4) is 0 Å². The summed E-state index contributed by atoms with van der Waals surface area (Å²) >= 11 is 4.67. The molecule has 2 fully saturated rings. The molecule has 0 bridgehead atoms. The first kappa shape index (κ1) is 52.8. The molecule has 0 unspecified atom stereocenters. The van der Waals surface area contributed by atoms with Crippen LogP contribution in [0, 0.1) is 18.2 Å². The zero-order valence-corrected chi connectivity index (χ0v) is 44.6. The molecule has 1 amide bonds. The molecule has 9 rings (SSSR count). The van der Waals surface area contributed by atoms with Gasteiger partial charge in [0.15, 0.2) is 0 Å². The summed E-state index contributed by atoms with van der Waals surface area (Å²) in [5.74, 6) is -2.80. The Hall–Kier alpha value is -6.04. The Kier molecular flexibility index (Phi) is 14.4. The van der Waals surface area contributed by atoms with E-state index in [4.69, 9.17) is 45.3 Å². The topological polar surface area (TPSA) is 133 Å². The molecule has 21 heteroatoms. The van der Waals surface area contributed by atoms with Crippen molar-refractivity contribution in [2.24, 2.45) is 5.41 Å². The number of likely N-dealkylation sites (tertiary alicyclic amines) is 1. The number of alkyl halides is 5. The van der Waals surface area contributed by atoms with Crippen molar-refractivity contribution < 1.29 is 54.8 Å².